The van der Waals surface area contributed by atoms with Crippen LogP contribution >= 0.6 is 0 Å². The van der Waals surface area contributed by atoms with E-state index in [0.29, 0.717) is 0 Å². The number of Topliss-reactive ketones (excluding diaryl/α,β-unsaturated/α-hetero) is 1. The third-order valence-corrected chi connectivity index (χ3v) is 2.19. The molecule has 16 heavy (non-hydrogen) atoms. The fraction of sp³-hybridized carbons (Fsp3) is 0.273. The minimum absolute atomic E-state index is 0.223. The number of hydrogen-bond donors (Lipinski definition) is 3. The first-order valence-electron chi connectivity index (χ1n) is 4.67. The van der Waals surface area contributed by atoms with Gasteiger partial charge in [0.2, 0.25) is 0 Å². The molecule has 0 aliphatic rings. The van der Waals surface area contributed by atoms with E-state index in [4.69, 9.17) is 0 Å². The van der Waals surface area contributed by atoms with Crippen molar-refractivity contribution >= 4 is 12.1 Å². The van der Waals surface area contributed by atoms with E-state index in [2.05, 4.69) is 0 Å². The summed E-state index contributed by atoms with van der Waals surface area (Å²) >= 11 is 0. The van der Waals surface area contributed by atoms with Gasteiger partial charge in [0.05, 0.1) is 5.56 Å². The SMILES string of the molecule is CC(C)C(=O)c1c(O)cc(O)c(C=O)c1O. The van der Waals surface area contributed by atoms with Gasteiger partial charge in [-0.25, -0.2) is 0 Å². The van der Waals surface area contributed by atoms with Gasteiger partial charge < -0.3 is 15.3 Å². The normalized spacial score (nSPS) is 10.4. The molecule has 5 nitrogen and oxygen atoms in total. The van der Waals surface area contributed by atoms with E-state index in [9.17, 15) is 24.9 Å². The Hall–Kier alpha value is -2.04. The lowest BCUT2D eigenvalue weighted by molar-refractivity contribution is 0.0933. The topological polar surface area (TPSA) is 94.8 Å². The molecule has 0 radical (unpaired) electrons. The number of ketones is 1. The molecule has 1 aromatic rings. The number of benzene rings is 1. The molecule has 0 heterocycles. The fourth-order valence-electron chi connectivity index (χ4n) is 1.30. The second-order valence-electron chi connectivity index (χ2n) is 3.69. The Balaban J connectivity index is 3.51. The minimum atomic E-state index is -0.689. The maximum atomic E-state index is 11.6. The van der Waals surface area contributed by atoms with Crippen LogP contribution in [0.3, 0.4) is 0 Å². The maximum Gasteiger partial charge on any atom is 0.172 e. The number of aldehydes is 1. The zero-order chi connectivity index (χ0) is 12.5. The van der Waals surface area contributed by atoms with Crippen LogP contribution in [0.1, 0.15) is 34.6 Å². The molecular weight excluding hydrogens is 212 g/mol. The van der Waals surface area contributed by atoms with E-state index in [1.807, 2.05) is 0 Å². The predicted molar refractivity (Wildman–Crippen MR) is 56.0 cm³/mol. The zero-order valence-corrected chi connectivity index (χ0v) is 8.89. The van der Waals surface area contributed by atoms with Crippen molar-refractivity contribution < 1.29 is 24.9 Å². The molecule has 0 saturated heterocycles. The molecule has 0 bridgehead atoms. The summed E-state index contributed by atoms with van der Waals surface area (Å²) in [6.45, 7) is 3.18. The van der Waals surface area contributed by atoms with Gasteiger partial charge in [-0.1, -0.05) is 13.8 Å². The molecule has 3 N–H and O–H groups in total. The number of rotatable bonds is 3. The number of aromatic hydroxyl groups is 3. The average molecular weight is 224 g/mol. The number of carbonyl (C=O) groups excluding carboxylic acids is 2. The third-order valence-electron chi connectivity index (χ3n) is 2.19. The van der Waals surface area contributed by atoms with Crippen molar-refractivity contribution in [1.29, 1.82) is 0 Å². The van der Waals surface area contributed by atoms with Gasteiger partial charge in [0, 0.05) is 12.0 Å². The molecule has 1 rings (SSSR count). The summed E-state index contributed by atoms with van der Waals surface area (Å²) in [5, 5.41) is 28.3. The Labute approximate surface area is 92.0 Å². The van der Waals surface area contributed by atoms with E-state index in [0.717, 1.165) is 6.07 Å². The minimum Gasteiger partial charge on any atom is -0.507 e. The molecule has 86 valence electrons. The van der Waals surface area contributed by atoms with Crippen molar-refractivity contribution in [3.63, 3.8) is 0 Å². The standard InChI is InChI=1S/C11H12O5/c1-5(2)10(15)9-8(14)3-7(13)6(4-12)11(9)16/h3-5,13-14,16H,1-2H3. The number of carbonyl (C=O) groups is 2. The monoisotopic (exact) mass is 224 g/mol. The molecule has 0 spiro atoms. The fourth-order valence-corrected chi connectivity index (χ4v) is 1.30. The first-order chi connectivity index (χ1) is 7.40. The molecule has 5 heteroatoms. The lowest BCUT2D eigenvalue weighted by Crippen LogP contribution is -2.09. The Morgan fingerprint density at radius 3 is 2.25 bits per heavy atom. The lowest BCUT2D eigenvalue weighted by atomic mass is 9.97. The van der Waals surface area contributed by atoms with E-state index in [1.54, 1.807) is 13.8 Å². The van der Waals surface area contributed by atoms with Crippen molar-refractivity contribution in [1.82, 2.24) is 0 Å². The number of phenolic OH excluding ortho intramolecular Hbond substituents is 3. The van der Waals surface area contributed by atoms with Crippen LogP contribution < -0.4 is 0 Å². The third kappa shape index (κ3) is 1.84. The zero-order valence-electron chi connectivity index (χ0n) is 8.89. The molecule has 1 aromatic carbocycles. The van der Waals surface area contributed by atoms with Crippen LogP contribution in [0.5, 0.6) is 17.2 Å². The van der Waals surface area contributed by atoms with Gasteiger partial charge in [-0.3, -0.25) is 9.59 Å². The smallest absolute Gasteiger partial charge is 0.172 e. The van der Waals surface area contributed by atoms with Gasteiger partial charge in [-0.15, -0.1) is 0 Å². The summed E-state index contributed by atoms with van der Waals surface area (Å²) in [6.07, 6.45) is 0.223. The molecule has 0 aliphatic heterocycles. The summed E-state index contributed by atoms with van der Waals surface area (Å²) in [5.74, 6) is -2.74. The molecule has 0 atom stereocenters. The van der Waals surface area contributed by atoms with Crippen LogP contribution in [0.2, 0.25) is 0 Å². The molecule has 0 fully saturated rings. The van der Waals surface area contributed by atoms with E-state index < -0.39 is 34.5 Å². The van der Waals surface area contributed by atoms with Crippen LogP contribution in [0.25, 0.3) is 0 Å². The van der Waals surface area contributed by atoms with Gasteiger partial charge >= 0.3 is 0 Å². The van der Waals surface area contributed by atoms with Gasteiger partial charge in [-0.05, 0) is 0 Å². The van der Waals surface area contributed by atoms with Crippen LogP contribution in [-0.4, -0.2) is 27.4 Å². The molecule has 0 aromatic heterocycles. The van der Waals surface area contributed by atoms with Crippen LogP contribution in [0, 0.1) is 5.92 Å². The van der Waals surface area contributed by atoms with E-state index in [-0.39, 0.29) is 11.8 Å². The van der Waals surface area contributed by atoms with Crippen LogP contribution in [0.4, 0.5) is 0 Å². The van der Waals surface area contributed by atoms with Gasteiger partial charge in [-0.2, -0.15) is 0 Å². The maximum absolute atomic E-state index is 11.6. The van der Waals surface area contributed by atoms with Crippen molar-refractivity contribution in [2.75, 3.05) is 0 Å². The first-order valence-corrected chi connectivity index (χ1v) is 4.67. The highest BCUT2D eigenvalue weighted by Gasteiger charge is 2.24. The lowest BCUT2D eigenvalue weighted by Gasteiger charge is -2.11. The Bertz CT molecular complexity index is 448. The molecule has 0 amide bonds. The Morgan fingerprint density at radius 1 is 1.25 bits per heavy atom. The summed E-state index contributed by atoms with van der Waals surface area (Å²) in [5.41, 5.74) is -0.739. The number of phenols is 3. The summed E-state index contributed by atoms with van der Waals surface area (Å²) in [7, 11) is 0. The summed E-state index contributed by atoms with van der Waals surface area (Å²) in [6, 6.07) is 0.860. The Kier molecular flexibility index (Phi) is 3.17. The molecule has 0 saturated carbocycles. The second-order valence-corrected chi connectivity index (χ2v) is 3.69. The van der Waals surface area contributed by atoms with Crippen LogP contribution in [0.15, 0.2) is 6.07 Å². The summed E-state index contributed by atoms with van der Waals surface area (Å²) < 4.78 is 0. The van der Waals surface area contributed by atoms with Crippen LogP contribution in [-0.2, 0) is 0 Å². The highest BCUT2D eigenvalue weighted by atomic mass is 16.3. The highest BCUT2D eigenvalue weighted by molar-refractivity contribution is 6.05. The van der Waals surface area contributed by atoms with Gasteiger partial charge in [0.15, 0.2) is 12.1 Å². The number of hydrogen-bond acceptors (Lipinski definition) is 5. The van der Waals surface area contributed by atoms with Crippen molar-refractivity contribution in [3.05, 3.63) is 17.2 Å². The molecular formula is C11H12O5. The van der Waals surface area contributed by atoms with E-state index >= 15 is 0 Å². The highest BCUT2D eigenvalue weighted by Crippen LogP contribution is 2.37. The van der Waals surface area contributed by atoms with Crippen molar-refractivity contribution in [2.45, 2.75) is 13.8 Å². The van der Waals surface area contributed by atoms with Gasteiger partial charge in [0.25, 0.3) is 0 Å². The van der Waals surface area contributed by atoms with E-state index in [1.165, 1.54) is 0 Å². The quantitative estimate of drug-likeness (QED) is 0.533. The Morgan fingerprint density at radius 2 is 1.81 bits per heavy atom. The second kappa shape index (κ2) is 4.22. The first kappa shape index (κ1) is 12.0. The van der Waals surface area contributed by atoms with Gasteiger partial charge in [0.1, 0.15) is 22.8 Å². The van der Waals surface area contributed by atoms with Crippen molar-refractivity contribution in [3.8, 4) is 17.2 Å². The predicted octanol–water partition coefficient (Wildman–Crippen LogP) is 1.45. The van der Waals surface area contributed by atoms with Crippen molar-refractivity contribution in [2.24, 2.45) is 5.92 Å². The largest absolute Gasteiger partial charge is 0.507 e. The average Bonchev–Trinajstić information content (AvgIpc) is 2.17. The summed E-state index contributed by atoms with van der Waals surface area (Å²) in [4.78, 5) is 22.2. The molecule has 0 unspecified atom stereocenters. The molecule has 0 aliphatic carbocycles.